The molecular formula is C18H25NO3. The lowest BCUT2D eigenvalue weighted by Gasteiger charge is -2.44. The summed E-state index contributed by atoms with van der Waals surface area (Å²) in [6.45, 7) is 7.91. The molecule has 1 amide bonds. The van der Waals surface area contributed by atoms with Gasteiger partial charge < -0.3 is 10.4 Å². The zero-order valence-electron chi connectivity index (χ0n) is 13.8. The fourth-order valence-corrected chi connectivity index (χ4v) is 3.48. The van der Waals surface area contributed by atoms with E-state index in [1.54, 1.807) is 6.92 Å². The molecule has 2 rings (SSSR count). The first-order chi connectivity index (χ1) is 10.1. The first-order valence-corrected chi connectivity index (χ1v) is 7.71. The van der Waals surface area contributed by atoms with Crippen molar-refractivity contribution in [3.05, 3.63) is 35.9 Å². The second kappa shape index (κ2) is 5.41. The minimum absolute atomic E-state index is 0.0636. The number of benzene rings is 1. The molecule has 1 aliphatic carbocycles. The highest BCUT2D eigenvalue weighted by Crippen LogP contribution is 2.62. The zero-order valence-corrected chi connectivity index (χ0v) is 13.8. The van der Waals surface area contributed by atoms with Crippen LogP contribution in [-0.2, 0) is 16.1 Å². The van der Waals surface area contributed by atoms with Crippen LogP contribution in [0.2, 0.25) is 0 Å². The Morgan fingerprint density at radius 3 is 2.09 bits per heavy atom. The molecule has 0 aliphatic heterocycles. The second-order valence-corrected chi connectivity index (χ2v) is 7.26. The summed E-state index contributed by atoms with van der Waals surface area (Å²) in [5.74, 6) is -0.886. The Kier molecular flexibility index (Phi) is 4.07. The lowest BCUT2D eigenvalue weighted by molar-refractivity contribution is -0.158. The molecule has 1 aliphatic rings. The molecule has 0 aromatic heterocycles. The Morgan fingerprint density at radius 2 is 1.59 bits per heavy atom. The van der Waals surface area contributed by atoms with Crippen LogP contribution in [0.3, 0.4) is 0 Å². The first kappa shape index (κ1) is 16.5. The van der Waals surface area contributed by atoms with Crippen LogP contribution in [0.5, 0.6) is 0 Å². The molecule has 0 radical (unpaired) electrons. The van der Waals surface area contributed by atoms with Crippen molar-refractivity contribution in [2.24, 2.45) is 16.2 Å². The van der Waals surface area contributed by atoms with E-state index >= 15 is 0 Å². The number of carboxylic acids is 1. The van der Waals surface area contributed by atoms with E-state index in [2.05, 4.69) is 5.32 Å². The summed E-state index contributed by atoms with van der Waals surface area (Å²) in [5, 5.41) is 12.6. The summed E-state index contributed by atoms with van der Waals surface area (Å²) in [6.07, 6.45) is 1.11. The van der Waals surface area contributed by atoms with Gasteiger partial charge in [0.1, 0.15) is 0 Å². The number of nitrogens with one attached hydrogen (secondary N) is 1. The maximum atomic E-state index is 12.8. The van der Waals surface area contributed by atoms with Gasteiger partial charge in [0, 0.05) is 6.54 Å². The molecule has 2 N–H and O–H groups in total. The van der Waals surface area contributed by atoms with Crippen LogP contribution in [0.1, 0.15) is 46.1 Å². The molecule has 1 fully saturated rings. The van der Waals surface area contributed by atoms with Crippen molar-refractivity contribution in [1.82, 2.24) is 5.32 Å². The number of hydrogen-bond acceptors (Lipinski definition) is 2. The fraction of sp³-hybridized carbons (Fsp3) is 0.556. The molecule has 0 heterocycles. The fourth-order valence-electron chi connectivity index (χ4n) is 3.48. The van der Waals surface area contributed by atoms with Crippen LogP contribution in [0.25, 0.3) is 0 Å². The van der Waals surface area contributed by atoms with Gasteiger partial charge in [-0.15, -0.1) is 0 Å². The van der Waals surface area contributed by atoms with Gasteiger partial charge in [-0.2, -0.15) is 0 Å². The molecule has 0 bridgehead atoms. The Labute approximate surface area is 131 Å². The van der Waals surface area contributed by atoms with Gasteiger partial charge in [0.2, 0.25) is 5.91 Å². The molecule has 0 spiro atoms. The predicted molar refractivity (Wildman–Crippen MR) is 85.2 cm³/mol. The van der Waals surface area contributed by atoms with Crippen molar-refractivity contribution in [2.45, 2.75) is 47.1 Å². The molecular weight excluding hydrogens is 278 g/mol. The van der Waals surface area contributed by atoms with Crippen molar-refractivity contribution < 1.29 is 14.7 Å². The average molecular weight is 303 g/mol. The van der Waals surface area contributed by atoms with Gasteiger partial charge in [0.05, 0.1) is 10.8 Å². The Hall–Kier alpha value is -1.84. The third kappa shape index (κ3) is 2.31. The van der Waals surface area contributed by atoms with Gasteiger partial charge in [-0.3, -0.25) is 9.59 Å². The number of amides is 1. The molecule has 120 valence electrons. The molecule has 22 heavy (non-hydrogen) atoms. The number of carbonyl (C=O) groups is 2. The summed E-state index contributed by atoms with van der Waals surface area (Å²) in [6, 6.07) is 9.73. The van der Waals surface area contributed by atoms with Gasteiger partial charge in [0.15, 0.2) is 0 Å². The molecule has 0 saturated heterocycles. The maximum Gasteiger partial charge on any atom is 0.309 e. The number of carboxylic acid groups (broad SMARTS) is 1. The summed E-state index contributed by atoms with van der Waals surface area (Å²) in [4.78, 5) is 24.5. The van der Waals surface area contributed by atoms with Gasteiger partial charge in [-0.25, -0.2) is 0 Å². The summed E-state index contributed by atoms with van der Waals surface area (Å²) in [7, 11) is 0. The van der Waals surface area contributed by atoms with Crippen LogP contribution in [0.4, 0.5) is 0 Å². The third-order valence-corrected chi connectivity index (χ3v) is 6.15. The van der Waals surface area contributed by atoms with Crippen LogP contribution in [0.15, 0.2) is 30.3 Å². The van der Waals surface area contributed by atoms with Crippen molar-refractivity contribution in [3.8, 4) is 0 Å². The van der Waals surface area contributed by atoms with Gasteiger partial charge >= 0.3 is 5.97 Å². The summed E-state index contributed by atoms with van der Waals surface area (Å²) < 4.78 is 0. The summed E-state index contributed by atoms with van der Waals surface area (Å²) >= 11 is 0. The average Bonchev–Trinajstić information content (AvgIpc) is 2.68. The van der Waals surface area contributed by atoms with Crippen LogP contribution in [0, 0.1) is 16.2 Å². The second-order valence-electron chi connectivity index (χ2n) is 7.26. The quantitative estimate of drug-likeness (QED) is 0.897. The molecule has 2 atom stereocenters. The van der Waals surface area contributed by atoms with Crippen molar-refractivity contribution in [2.75, 3.05) is 0 Å². The van der Waals surface area contributed by atoms with E-state index < -0.39 is 22.2 Å². The van der Waals surface area contributed by atoms with Gasteiger partial charge in [0.25, 0.3) is 0 Å². The molecule has 4 heteroatoms. The minimum Gasteiger partial charge on any atom is -0.481 e. The highest BCUT2D eigenvalue weighted by molar-refractivity contribution is 5.86. The third-order valence-electron chi connectivity index (χ3n) is 6.15. The Balaban J connectivity index is 2.17. The SMILES string of the molecule is CC1(C(=O)O)CCC(C)(C(=O)NCc2ccccc2)C1(C)C. The monoisotopic (exact) mass is 303 g/mol. The van der Waals surface area contributed by atoms with Crippen molar-refractivity contribution >= 4 is 11.9 Å². The van der Waals surface area contributed by atoms with Crippen LogP contribution < -0.4 is 5.32 Å². The van der Waals surface area contributed by atoms with Crippen LogP contribution >= 0.6 is 0 Å². The molecule has 1 saturated carbocycles. The number of hydrogen-bond donors (Lipinski definition) is 2. The minimum atomic E-state index is -0.883. The number of rotatable bonds is 4. The largest absolute Gasteiger partial charge is 0.481 e. The highest BCUT2D eigenvalue weighted by Gasteiger charge is 2.64. The van der Waals surface area contributed by atoms with Crippen molar-refractivity contribution in [1.29, 1.82) is 0 Å². The van der Waals surface area contributed by atoms with E-state index in [1.807, 2.05) is 51.1 Å². The van der Waals surface area contributed by atoms with E-state index in [-0.39, 0.29) is 5.91 Å². The molecule has 1 aromatic carbocycles. The Bertz CT molecular complexity index is 581. The normalized spacial score (nSPS) is 30.0. The summed E-state index contributed by atoms with van der Waals surface area (Å²) in [5.41, 5.74) is -1.15. The first-order valence-electron chi connectivity index (χ1n) is 7.71. The standard InChI is InChI=1S/C18H25NO3/c1-16(2)17(3,10-11-18(16,4)15(21)22)14(20)19-12-13-8-6-5-7-9-13/h5-9H,10-12H2,1-4H3,(H,19,20)(H,21,22). The smallest absolute Gasteiger partial charge is 0.309 e. The zero-order chi connectivity index (χ0) is 16.6. The lowest BCUT2D eigenvalue weighted by Crippen LogP contribution is -2.51. The predicted octanol–water partition coefficient (Wildman–Crippen LogP) is 3.22. The topological polar surface area (TPSA) is 66.4 Å². The van der Waals surface area contributed by atoms with Gasteiger partial charge in [-0.1, -0.05) is 51.1 Å². The number of carbonyl (C=O) groups excluding carboxylic acids is 1. The van der Waals surface area contributed by atoms with E-state index in [0.29, 0.717) is 19.4 Å². The highest BCUT2D eigenvalue weighted by atomic mass is 16.4. The molecule has 2 unspecified atom stereocenters. The van der Waals surface area contributed by atoms with Crippen LogP contribution in [-0.4, -0.2) is 17.0 Å². The van der Waals surface area contributed by atoms with E-state index in [1.165, 1.54) is 0 Å². The van der Waals surface area contributed by atoms with E-state index in [9.17, 15) is 14.7 Å². The Morgan fingerprint density at radius 1 is 1.05 bits per heavy atom. The van der Waals surface area contributed by atoms with Crippen molar-refractivity contribution in [3.63, 3.8) is 0 Å². The lowest BCUT2D eigenvalue weighted by atomic mass is 9.59. The van der Waals surface area contributed by atoms with Gasteiger partial charge in [-0.05, 0) is 30.7 Å². The molecule has 1 aromatic rings. The maximum absolute atomic E-state index is 12.8. The van der Waals surface area contributed by atoms with E-state index in [4.69, 9.17) is 0 Å². The van der Waals surface area contributed by atoms with E-state index in [0.717, 1.165) is 5.56 Å². The number of aliphatic carboxylic acids is 1. The molecule has 4 nitrogen and oxygen atoms in total.